The average molecular weight is 371 g/mol. The zero-order chi connectivity index (χ0) is 18.0. The molecule has 25 heavy (non-hydrogen) atoms. The summed E-state index contributed by atoms with van der Waals surface area (Å²) in [5.74, 6) is -1.98. The van der Waals surface area contributed by atoms with Crippen molar-refractivity contribution in [1.29, 1.82) is 0 Å². The molecule has 1 unspecified atom stereocenters. The van der Waals surface area contributed by atoms with Crippen molar-refractivity contribution in [2.75, 3.05) is 11.5 Å². The van der Waals surface area contributed by atoms with Crippen LogP contribution < -0.4 is 10.1 Å². The number of carbonyl (C=O) groups excluding carboxylic acids is 1. The van der Waals surface area contributed by atoms with Crippen LogP contribution in [-0.2, 0) is 16.4 Å². The number of furan rings is 1. The van der Waals surface area contributed by atoms with E-state index in [4.69, 9.17) is 9.15 Å². The first-order valence-corrected chi connectivity index (χ1v) is 9.32. The highest BCUT2D eigenvalue weighted by molar-refractivity contribution is 7.91. The topological polar surface area (TPSA) is 85.6 Å². The Morgan fingerprint density at radius 2 is 2.08 bits per heavy atom. The highest BCUT2D eigenvalue weighted by atomic mass is 32.2. The second-order valence-corrected chi connectivity index (χ2v) is 7.93. The van der Waals surface area contributed by atoms with E-state index in [9.17, 15) is 22.0 Å². The minimum Gasteiger partial charge on any atom is -0.483 e. The Kier molecular flexibility index (Phi) is 4.76. The Hall–Kier alpha value is -2.42. The quantitative estimate of drug-likeness (QED) is 0.870. The molecule has 0 spiro atoms. The first-order chi connectivity index (χ1) is 11.8. The summed E-state index contributed by atoms with van der Waals surface area (Å²) in [4.78, 5) is 12.0. The van der Waals surface area contributed by atoms with Gasteiger partial charge in [0.05, 0.1) is 11.5 Å². The third-order valence-corrected chi connectivity index (χ3v) is 5.48. The molecule has 9 heteroatoms. The number of ether oxygens (including phenoxy) is 1. The maximum Gasteiger partial charge on any atom is 0.287 e. The summed E-state index contributed by atoms with van der Waals surface area (Å²) < 4.78 is 59.6. The third kappa shape index (κ3) is 4.36. The number of sulfone groups is 1. The zero-order valence-corrected chi connectivity index (χ0v) is 13.8. The fourth-order valence-corrected chi connectivity index (χ4v) is 4.16. The van der Waals surface area contributed by atoms with Crippen molar-refractivity contribution in [1.82, 2.24) is 5.32 Å². The second kappa shape index (κ2) is 6.83. The number of hydrogen-bond acceptors (Lipinski definition) is 5. The number of benzene rings is 1. The number of amides is 1. The smallest absolute Gasteiger partial charge is 0.287 e. The molecule has 0 saturated carbocycles. The second-order valence-electron chi connectivity index (χ2n) is 5.70. The Labute approximate surface area is 142 Å². The van der Waals surface area contributed by atoms with Crippen molar-refractivity contribution in [3.63, 3.8) is 0 Å². The van der Waals surface area contributed by atoms with Crippen LogP contribution in [0.5, 0.6) is 5.75 Å². The van der Waals surface area contributed by atoms with Crippen molar-refractivity contribution < 1.29 is 31.1 Å². The van der Waals surface area contributed by atoms with E-state index in [2.05, 4.69) is 5.32 Å². The lowest BCUT2D eigenvalue weighted by molar-refractivity contribution is 0.0909. The van der Waals surface area contributed by atoms with Crippen LogP contribution in [0.25, 0.3) is 0 Å². The molecular formula is C16H15F2NO5S. The van der Waals surface area contributed by atoms with Crippen LogP contribution >= 0.6 is 0 Å². The van der Waals surface area contributed by atoms with Gasteiger partial charge in [0.25, 0.3) is 5.91 Å². The number of carbonyl (C=O) groups is 1. The molecule has 134 valence electrons. The van der Waals surface area contributed by atoms with Gasteiger partial charge in [-0.25, -0.2) is 17.2 Å². The molecule has 1 fully saturated rings. The summed E-state index contributed by atoms with van der Waals surface area (Å²) in [7, 11) is -3.09. The Morgan fingerprint density at radius 1 is 1.28 bits per heavy atom. The van der Waals surface area contributed by atoms with E-state index in [0.29, 0.717) is 12.5 Å². The molecule has 0 radical (unpaired) electrons. The maximum atomic E-state index is 13.5. The van der Waals surface area contributed by atoms with Gasteiger partial charge >= 0.3 is 0 Å². The van der Waals surface area contributed by atoms with Crippen LogP contribution in [-0.4, -0.2) is 31.9 Å². The minimum absolute atomic E-state index is 0.00229. The molecule has 1 aliphatic heterocycles. The number of halogens is 2. The van der Waals surface area contributed by atoms with Gasteiger partial charge in [0, 0.05) is 12.1 Å². The van der Waals surface area contributed by atoms with Gasteiger partial charge in [-0.2, -0.15) is 0 Å². The molecule has 1 aliphatic rings. The molecule has 1 aromatic heterocycles. The molecule has 0 bridgehead atoms. The van der Waals surface area contributed by atoms with Crippen molar-refractivity contribution in [3.05, 3.63) is 53.5 Å². The summed E-state index contributed by atoms with van der Waals surface area (Å²) in [5, 5.41) is 2.60. The van der Waals surface area contributed by atoms with Crippen LogP contribution in [0.15, 0.2) is 34.7 Å². The van der Waals surface area contributed by atoms with Crippen LogP contribution in [0.2, 0.25) is 0 Å². The summed E-state index contributed by atoms with van der Waals surface area (Å²) in [6.45, 7) is -0.145. The van der Waals surface area contributed by atoms with E-state index < -0.39 is 33.4 Å². The van der Waals surface area contributed by atoms with Gasteiger partial charge in [-0.3, -0.25) is 4.79 Å². The first-order valence-electron chi connectivity index (χ1n) is 7.50. The number of nitrogens with one attached hydrogen (secondary N) is 1. The highest BCUT2D eigenvalue weighted by Crippen LogP contribution is 2.20. The van der Waals surface area contributed by atoms with Crippen molar-refractivity contribution in [3.8, 4) is 5.75 Å². The third-order valence-electron chi connectivity index (χ3n) is 3.72. The first kappa shape index (κ1) is 17.4. The van der Waals surface area contributed by atoms with Crippen LogP contribution in [0.1, 0.15) is 22.7 Å². The lowest BCUT2D eigenvalue weighted by Gasteiger charge is -2.09. The van der Waals surface area contributed by atoms with Gasteiger partial charge in [0.2, 0.25) is 0 Å². The molecule has 2 heterocycles. The van der Waals surface area contributed by atoms with Gasteiger partial charge in [-0.05, 0) is 30.7 Å². The van der Waals surface area contributed by atoms with E-state index in [1.807, 2.05) is 0 Å². The van der Waals surface area contributed by atoms with Gasteiger partial charge in [-0.15, -0.1) is 0 Å². The van der Waals surface area contributed by atoms with Crippen molar-refractivity contribution in [2.45, 2.75) is 19.1 Å². The molecule has 0 aliphatic carbocycles. The predicted octanol–water partition coefficient (Wildman–Crippen LogP) is 2.05. The van der Waals surface area contributed by atoms with Gasteiger partial charge in [0.1, 0.15) is 18.2 Å². The van der Waals surface area contributed by atoms with Crippen molar-refractivity contribution in [2.24, 2.45) is 0 Å². The Morgan fingerprint density at radius 3 is 2.76 bits per heavy atom. The number of rotatable bonds is 5. The minimum atomic E-state index is -3.09. The fraction of sp³-hybridized carbons (Fsp3) is 0.312. The molecule has 1 aromatic carbocycles. The van der Waals surface area contributed by atoms with Gasteiger partial charge in [-0.1, -0.05) is 0 Å². The van der Waals surface area contributed by atoms with Crippen LogP contribution in [0, 0.1) is 11.6 Å². The number of hydrogen-bond donors (Lipinski definition) is 1. The van der Waals surface area contributed by atoms with E-state index >= 15 is 0 Å². The molecule has 1 atom stereocenters. The Balaban J connectivity index is 1.57. The van der Waals surface area contributed by atoms with Crippen LogP contribution in [0.4, 0.5) is 8.78 Å². The van der Waals surface area contributed by atoms with E-state index in [1.54, 1.807) is 0 Å². The largest absolute Gasteiger partial charge is 0.483 e. The molecule has 1 N–H and O–H groups in total. The van der Waals surface area contributed by atoms with E-state index in [0.717, 1.165) is 12.1 Å². The maximum absolute atomic E-state index is 13.5. The Bertz CT molecular complexity index is 894. The average Bonchev–Trinajstić information content (AvgIpc) is 3.13. The SMILES string of the molecule is O=C(NC1CCS(=O)(=O)C1)c1ccc(COc2ccc(F)cc2F)o1. The summed E-state index contributed by atoms with van der Waals surface area (Å²) >= 11 is 0. The molecule has 1 amide bonds. The molecule has 2 aromatic rings. The van der Waals surface area contributed by atoms with E-state index in [-0.39, 0.29) is 35.4 Å². The highest BCUT2D eigenvalue weighted by Gasteiger charge is 2.29. The molecular weight excluding hydrogens is 356 g/mol. The monoisotopic (exact) mass is 371 g/mol. The summed E-state index contributed by atoms with van der Waals surface area (Å²) in [6.07, 6.45) is 0.370. The predicted molar refractivity (Wildman–Crippen MR) is 83.9 cm³/mol. The standard InChI is InChI=1S/C16H15F2NO5S/c17-10-1-3-14(13(18)7-10)23-8-12-2-4-15(24-12)16(20)19-11-5-6-25(21,22)9-11/h1-4,7,11H,5-6,8-9H2,(H,19,20). The van der Waals surface area contributed by atoms with Crippen molar-refractivity contribution >= 4 is 15.7 Å². The normalized spacial score (nSPS) is 18.9. The summed E-state index contributed by atoms with van der Waals surface area (Å²) in [5.41, 5.74) is 0. The van der Waals surface area contributed by atoms with E-state index in [1.165, 1.54) is 12.1 Å². The van der Waals surface area contributed by atoms with Gasteiger partial charge < -0.3 is 14.5 Å². The molecule has 6 nitrogen and oxygen atoms in total. The zero-order valence-electron chi connectivity index (χ0n) is 13.0. The lowest BCUT2D eigenvalue weighted by atomic mass is 10.2. The molecule has 3 rings (SSSR count). The van der Waals surface area contributed by atoms with Gasteiger partial charge in [0.15, 0.2) is 27.2 Å². The van der Waals surface area contributed by atoms with Crippen LogP contribution in [0.3, 0.4) is 0 Å². The fourth-order valence-electron chi connectivity index (χ4n) is 2.48. The summed E-state index contributed by atoms with van der Waals surface area (Å²) in [6, 6.07) is 5.39. The molecule has 1 saturated heterocycles. The lowest BCUT2D eigenvalue weighted by Crippen LogP contribution is -2.35.